The number of thiophene rings is 1. The molecule has 2 aliphatic rings. The molecule has 2 amide bonds. The number of aromatic nitrogens is 1. The number of rotatable bonds is 9. The zero-order chi connectivity index (χ0) is 26.6. The summed E-state index contributed by atoms with van der Waals surface area (Å²) in [5, 5.41) is 4.27. The first kappa shape index (κ1) is 26.5. The second-order valence-corrected chi connectivity index (χ2v) is 11.4. The van der Waals surface area contributed by atoms with Gasteiger partial charge in [0.25, 0.3) is 5.91 Å². The van der Waals surface area contributed by atoms with E-state index in [2.05, 4.69) is 9.80 Å². The van der Waals surface area contributed by atoms with Crippen LogP contribution in [0, 0.1) is 0 Å². The maximum Gasteiger partial charge on any atom is 0.270 e. The second kappa shape index (κ2) is 11.7. The highest BCUT2D eigenvalue weighted by Crippen LogP contribution is 2.38. The maximum absolute atomic E-state index is 13.4. The van der Waals surface area contributed by atoms with E-state index in [9.17, 15) is 14.4 Å². The van der Waals surface area contributed by atoms with Crippen molar-refractivity contribution >= 4 is 45.4 Å². The van der Waals surface area contributed by atoms with Crippen LogP contribution in [0.15, 0.2) is 47.2 Å². The van der Waals surface area contributed by atoms with E-state index in [4.69, 9.17) is 9.72 Å². The smallest absolute Gasteiger partial charge is 0.270 e. The van der Waals surface area contributed by atoms with E-state index in [0.717, 1.165) is 39.1 Å². The number of nitrogens with zero attached hydrogens (tertiary/aromatic N) is 5. The molecule has 38 heavy (non-hydrogen) atoms. The minimum atomic E-state index is -0.785. The van der Waals surface area contributed by atoms with Crippen LogP contribution in [-0.2, 0) is 4.79 Å². The normalized spacial score (nSPS) is 17.7. The molecular formula is C27H31N5O4S2. The number of ketones is 1. The number of hydrogen-bond acceptors (Lipinski definition) is 9. The molecule has 0 N–H and O–H groups in total. The summed E-state index contributed by atoms with van der Waals surface area (Å²) in [7, 11) is 3.57. The number of Topliss-reactive ketones (excluding diaryl/α,β-unsaturated/α-hetero) is 1. The van der Waals surface area contributed by atoms with Crippen molar-refractivity contribution in [3.8, 4) is 5.75 Å². The Kier molecular flexibility index (Phi) is 8.18. The monoisotopic (exact) mass is 553 g/mol. The van der Waals surface area contributed by atoms with Crippen LogP contribution in [0.3, 0.4) is 0 Å². The van der Waals surface area contributed by atoms with Crippen molar-refractivity contribution < 1.29 is 19.1 Å². The maximum atomic E-state index is 13.4. The number of fused-ring (bicyclic) bond motifs is 1. The zero-order valence-electron chi connectivity index (χ0n) is 21.5. The summed E-state index contributed by atoms with van der Waals surface area (Å²) in [5.74, 6) is 0.488. The Labute approximate surface area is 230 Å². The highest BCUT2D eigenvalue weighted by atomic mass is 32.1. The van der Waals surface area contributed by atoms with Crippen molar-refractivity contribution in [1.82, 2.24) is 19.7 Å². The Morgan fingerprint density at radius 2 is 1.82 bits per heavy atom. The highest BCUT2D eigenvalue weighted by molar-refractivity contribution is 7.14. The molecule has 1 unspecified atom stereocenters. The molecule has 4 heterocycles. The fourth-order valence-electron chi connectivity index (χ4n) is 4.58. The van der Waals surface area contributed by atoms with Crippen LogP contribution < -0.4 is 9.64 Å². The van der Waals surface area contributed by atoms with Gasteiger partial charge in [-0.25, -0.2) is 4.98 Å². The lowest BCUT2D eigenvalue weighted by molar-refractivity contribution is -0.130. The number of carbonyl (C=O) groups is 3. The number of ether oxygens (including phenoxy) is 1. The third-order valence-electron chi connectivity index (χ3n) is 6.80. The van der Waals surface area contributed by atoms with Gasteiger partial charge in [-0.3, -0.25) is 24.2 Å². The molecular weight excluding hydrogens is 522 g/mol. The van der Waals surface area contributed by atoms with Crippen LogP contribution in [0.2, 0.25) is 0 Å². The summed E-state index contributed by atoms with van der Waals surface area (Å²) in [6, 6.07) is 10.9. The zero-order valence-corrected chi connectivity index (χ0v) is 23.2. The highest BCUT2D eigenvalue weighted by Gasteiger charge is 2.36. The summed E-state index contributed by atoms with van der Waals surface area (Å²) < 4.78 is 5.90. The molecule has 11 heteroatoms. The summed E-state index contributed by atoms with van der Waals surface area (Å²) in [6.45, 7) is 5.31. The lowest BCUT2D eigenvalue weighted by Crippen LogP contribution is -2.49. The summed E-state index contributed by atoms with van der Waals surface area (Å²) in [4.78, 5) is 51.6. The van der Waals surface area contributed by atoms with Crippen molar-refractivity contribution in [2.24, 2.45) is 0 Å². The first-order valence-corrected chi connectivity index (χ1v) is 14.4. The number of amides is 2. The molecule has 1 atom stereocenters. The number of piperazine rings is 1. The number of likely N-dealkylation sites (N-methyl/N-ethyl adjacent to an activating group) is 1. The van der Waals surface area contributed by atoms with Crippen LogP contribution in [0.25, 0.3) is 0 Å². The van der Waals surface area contributed by atoms with Crippen LogP contribution in [0.5, 0.6) is 5.75 Å². The lowest BCUT2D eigenvalue weighted by atomic mass is 10.1. The van der Waals surface area contributed by atoms with Gasteiger partial charge >= 0.3 is 0 Å². The van der Waals surface area contributed by atoms with E-state index >= 15 is 0 Å². The summed E-state index contributed by atoms with van der Waals surface area (Å²) in [5.41, 5.74) is 1.09. The predicted molar refractivity (Wildman–Crippen MR) is 148 cm³/mol. The van der Waals surface area contributed by atoms with Gasteiger partial charge in [-0.1, -0.05) is 18.2 Å². The van der Waals surface area contributed by atoms with Gasteiger partial charge in [-0.05, 0) is 36.5 Å². The molecule has 0 spiro atoms. The van der Waals surface area contributed by atoms with Crippen LogP contribution in [0.4, 0.5) is 5.13 Å². The van der Waals surface area contributed by atoms with Gasteiger partial charge in [0.15, 0.2) is 5.13 Å². The summed E-state index contributed by atoms with van der Waals surface area (Å²) >= 11 is 2.76. The van der Waals surface area contributed by atoms with Crippen LogP contribution in [0.1, 0.15) is 38.2 Å². The van der Waals surface area contributed by atoms with E-state index in [1.165, 1.54) is 22.7 Å². The molecule has 2 aromatic heterocycles. The van der Waals surface area contributed by atoms with Gasteiger partial charge in [0, 0.05) is 52.2 Å². The Hall–Kier alpha value is -3.12. The van der Waals surface area contributed by atoms with Gasteiger partial charge in [-0.2, -0.15) is 0 Å². The number of para-hydroxylation sites is 1. The largest absolute Gasteiger partial charge is 0.475 e. The molecule has 9 nitrogen and oxygen atoms in total. The second-order valence-electron chi connectivity index (χ2n) is 9.61. The van der Waals surface area contributed by atoms with E-state index in [1.807, 2.05) is 35.0 Å². The van der Waals surface area contributed by atoms with Crippen molar-refractivity contribution in [1.29, 1.82) is 0 Å². The minimum Gasteiger partial charge on any atom is -0.475 e. The van der Waals surface area contributed by atoms with Crippen LogP contribution in [-0.4, -0.2) is 97.2 Å². The Morgan fingerprint density at radius 3 is 2.53 bits per heavy atom. The fraction of sp³-hybridized carbons (Fsp3) is 0.407. The molecule has 1 aromatic carbocycles. The van der Waals surface area contributed by atoms with E-state index in [1.54, 1.807) is 36.0 Å². The topological polar surface area (TPSA) is 86.3 Å². The third-order valence-corrected chi connectivity index (χ3v) is 8.54. The third kappa shape index (κ3) is 5.80. The number of carbonyl (C=O) groups excluding carboxylic acids is 3. The van der Waals surface area contributed by atoms with Gasteiger partial charge in [0.05, 0.1) is 17.0 Å². The standard InChI is InChI=1S/C27H31N5O4S2/c1-29(2)23(33)17-31-14-12-30(13-15-31)10-6-11-32(26(35)22-9-5-16-37-22)27-28-20(18-38-27)25-24(34)19-7-3-4-8-21(19)36-25/h3-5,7-9,16,18,25H,6,10-15,17H2,1-2H3. The Morgan fingerprint density at radius 1 is 1.05 bits per heavy atom. The first-order valence-electron chi connectivity index (χ1n) is 12.7. The molecule has 5 rings (SSSR count). The van der Waals surface area contributed by atoms with E-state index in [0.29, 0.717) is 40.1 Å². The number of hydrogen-bond donors (Lipinski definition) is 0. The van der Waals surface area contributed by atoms with Crippen molar-refractivity contribution in [2.75, 3.05) is 64.8 Å². The quantitative estimate of drug-likeness (QED) is 0.402. The van der Waals surface area contributed by atoms with E-state index < -0.39 is 6.10 Å². The average molecular weight is 554 g/mol. The van der Waals surface area contributed by atoms with Gasteiger partial charge < -0.3 is 14.5 Å². The molecule has 0 radical (unpaired) electrons. The van der Waals surface area contributed by atoms with Crippen molar-refractivity contribution in [3.05, 3.63) is 63.3 Å². The first-order chi connectivity index (χ1) is 18.4. The molecule has 3 aromatic rings. The molecule has 2 aliphatic heterocycles. The Bertz CT molecular complexity index is 1280. The van der Waals surface area contributed by atoms with Gasteiger partial charge in [0.2, 0.25) is 17.8 Å². The lowest BCUT2D eigenvalue weighted by Gasteiger charge is -2.35. The molecule has 0 bridgehead atoms. The van der Waals surface area contributed by atoms with Crippen molar-refractivity contribution in [2.45, 2.75) is 12.5 Å². The molecule has 1 saturated heterocycles. The van der Waals surface area contributed by atoms with Crippen LogP contribution >= 0.6 is 22.7 Å². The van der Waals surface area contributed by atoms with Gasteiger partial charge in [0.1, 0.15) is 11.4 Å². The van der Waals surface area contributed by atoms with E-state index in [-0.39, 0.29) is 17.6 Å². The minimum absolute atomic E-state index is 0.0881. The fourth-order valence-corrected chi connectivity index (χ4v) is 6.12. The average Bonchev–Trinajstić information content (AvgIpc) is 3.68. The molecule has 200 valence electrons. The van der Waals surface area contributed by atoms with Gasteiger partial charge in [-0.15, -0.1) is 22.7 Å². The van der Waals surface area contributed by atoms with Crippen molar-refractivity contribution in [3.63, 3.8) is 0 Å². The number of anilines is 1. The molecule has 1 fully saturated rings. The summed E-state index contributed by atoms with van der Waals surface area (Å²) in [6.07, 6.45) is -0.000725. The predicted octanol–water partition coefficient (Wildman–Crippen LogP) is 3.26. The SMILES string of the molecule is CN(C)C(=O)CN1CCN(CCCN(C(=O)c2cccs2)c2nc(C3Oc4ccccc4C3=O)cs2)CC1. The number of thiazole rings is 1. The molecule has 0 aliphatic carbocycles. The number of benzene rings is 1. The Balaban J connectivity index is 1.22. The molecule has 0 saturated carbocycles.